The largest absolute Gasteiger partial charge is 0.507 e. The minimum atomic E-state index is -0.563. The Morgan fingerprint density at radius 2 is 2.08 bits per heavy atom. The predicted octanol–water partition coefficient (Wildman–Crippen LogP) is 0.810. The molecule has 1 aliphatic heterocycles. The second-order valence-corrected chi connectivity index (χ2v) is 6.98. The number of ketones is 1. The SMILES string of the molecule is CN1CC[C@]23C=C(CO)C(=O)C=C2[C@H]1Cc1ccc(CO)c(O)c13. The number of carbonyl (C=O) groups excluding carboxylic acids is 1. The lowest BCUT2D eigenvalue weighted by molar-refractivity contribution is -0.112. The number of phenols is 1. The molecule has 2 bridgehead atoms. The number of likely N-dealkylation sites (N-methyl/N-ethyl adjacent to an activating group) is 1. The molecule has 0 aromatic heterocycles. The van der Waals surface area contributed by atoms with Gasteiger partial charge in [0, 0.05) is 28.2 Å². The van der Waals surface area contributed by atoms with Crippen molar-refractivity contribution < 1.29 is 20.1 Å². The van der Waals surface area contributed by atoms with Crippen molar-refractivity contribution >= 4 is 5.78 Å². The van der Waals surface area contributed by atoms with Crippen molar-refractivity contribution in [3.8, 4) is 5.75 Å². The standard InChI is InChI=1S/C19H21NO4/c1-20-5-4-19-8-13(10-22)16(23)7-14(19)15(20)6-11-2-3-12(9-21)18(24)17(11)19/h2-3,7-8,15,21-22,24H,4-6,9-10H2,1H3/t15-,19+/m1/s1. The van der Waals surface area contributed by atoms with Crippen LogP contribution in [0, 0.1) is 0 Å². The first-order chi connectivity index (χ1) is 11.5. The number of hydrogen-bond donors (Lipinski definition) is 3. The van der Waals surface area contributed by atoms with Gasteiger partial charge in [0.15, 0.2) is 5.78 Å². The number of fused-ring (bicyclic) bond motifs is 1. The van der Waals surface area contributed by atoms with E-state index in [1.165, 1.54) is 0 Å². The summed E-state index contributed by atoms with van der Waals surface area (Å²) in [5.74, 6) is -0.0310. The maximum absolute atomic E-state index is 12.3. The van der Waals surface area contributed by atoms with Crippen molar-refractivity contribution in [3.63, 3.8) is 0 Å². The van der Waals surface area contributed by atoms with E-state index in [4.69, 9.17) is 0 Å². The number of piperidine rings is 1. The molecule has 2 aliphatic carbocycles. The van der Waals surface area contributed by atoms with Gasteiger partial charge in [-0.1, -0.05) is 18.2 Å². The Morgan fingerprint density at radius 1 is 1.29 bits per heavy atom. The number of aliphatic hydroxyl groups is 2. The molecule has 0 spiro atoms. The molecule has 0 saturated carbocycles. The van der Waals surface area contributed by atoms with Crippen LogP contribution in [0.5, 0.6) is 5.75 Å². The molecule has 2 atom stereocenters. The molecular weight excluding hydrogens is 306 g/mol. The number of allylic oxidation sites excluding steroid dienone is 2. The quantitative estimate of drug-likeness (QED) is 0.749. The second-order valence-electron chi connectivity index (χ2n) is 6.98. The zero-order valence-corrected chi connectivity index (χ0v) is 13.6. The average molecular weight is 327 g/mol. The van der Waals surface area contributed by atoms with Gasteiger partial charge in [-0.15, -0.1) is 0 Å². The number of aromatic hydroxyl groups is 1. The highest BCUT2D eigenvalue weighted by atomic mass is 16.3. The molecule has 0 unspecified atom stereocenters. The van der Waals surface area contributed by atoms with Crippen LogP contribution in [0.25, 0.3) is 0 Å². The number of hydrogen-bond acceptors (Lipinski definition) is 5. The van der Waals surface area contributed by atoms with E-state index in [0.29, 0.717) is 11.1 Å². The van der Waals surface area contributed by atoms with E-state index < -0.39 is 5.41 Å². The summed E-state index contributed by atoms with van der Waals surface area (Å²) in [6, 6.07) is 3.85. The third kappa shape index (κ3) is 1.89. The van der Waals surface area contributed by atoms with Gasteiger partial charge in [-0.25, -0.2) is 0 Å². The lowest BCUT2D eigenvalue weighted by atomic mass is 9.58. The van der Waals surface area contributed by atoms with E-state index in [1.807, 2.05) is 12.1 Å². The molecule has 0 amide bonds. The third-order valence-electron chi connectivity index (χ3n) is 5.84. The number of aliphatic hydroxyl groups excluding tert-OH is 2. The molecule has 5 heteroatoms. The monoisotopic (exact) mass is 327 g/mol. The molecule has 24 heavy (non-hydrogen) atoms. The van der Waals surface area contributed by atoms with E-state index >= 15 is 0 Å². The minimum absolute atomic E-state index is 0.117. The van der Waals surface area contributed by atoms with Gasteiger partial charge in [0.2, 0.25) is 0 Å². The molecule has 0 radical (unpaired) electrons. The number of carbonyl (C=O) groups is 1. The van der Waals surface area contributed by atoms with Crippen LogP contribution in [-0.2, 0) is 23.2 Å². The summed E-state index contributed by atoms with van der Waals surface area (Å²) in [5, 5.41) is 29.9. The highest BCUT2D eigenvalue weighted by Gasteiger charge is 2.51. The summed E-state index contributed by atoms with van der Waals surface area (Å²) in [6.07, 6.45) is 4.97. The molecule has 3 aliphatic rings. The van der Waals surface area contributed by atoms with Crippen LogP contribution >= 0.6 is 0 Å². The van der Waals surface area contributed by atoms with Gasteiger partial charge in [0.05, 0.1) is 13.2 Å². The van der Waals surface area contributed by atoms with E-state index in [0.717, 1.165) is 36.1 Å². The van der Waals surface area contributed by atoms with Gasteiger partial charge in [-0.2, -0.15) is 0 Å². The van der Waals surface area contributed by atoms with Crippen molar-refractivity contribution in [1.29, 1.82) is 0 Å². The molecule has 1 saturated heterocycles. The molecule has 4 rings (SSSR count). The van der Waals surface area contributed by atoms with E-state index in [9.17, 15) is 20.1 Å². The zero-order valence-electron chi connectivity index (χ0n) is 13.6. The van der Waals surface area contributed by atoms with Crippen molar-refractivity contribution in [2.45, 2.75) is 30.9 Å². The van der Waals surface area contributed by atoms with Crippen molar-refractivity contribution in [3.05, 3.63) is 52.1 Å². The van der Waals surface area contributed by atoms with Crippen LogP contribution in [-0.4, -0.2) is 52.2 Å². The summed E-state index contributed by atoms with van der Waals surface area (Å²) >= 11 is 0. The molecule has 1 fully saturated rings. The summed E-state index contributed by atoms with van der Waals surface area (Å²) in [4.78, 5) is 14.6. The lowest BCUT2D eigenvalue weighted by Gasteiger charge is -2.52. The lowest BCUT2D eigenvalue weighted by Crippen LogP contribution is -2.54. The van der Waals surface area contributed by atoms with Gasteiger partial charge >= 0.3 is 0 Å². The topological polar surface area (TPSA) is 81.0 Å². The van der Waals surface area contributed by atoms with Crippen molar-refractivity contribution in [2.24, 2.45) is 0 Å². The number of rotatable bonds is 2. The van der Waals surface area contributed by atoms with Crippen LogP contribution in [0.15, 0.2) is 35.4 Å². The van der Waals surface area contributed by atoms with Crippen molar-refractivity contribution in [1.82, 2.24) is 4.90 Å². The third-order valence-corrected chi connectivity index (χ3v) is 5.84. The molecule has 3 N–H and O–H groups in total. The van der Waals surface area contributed by atoms with Crippen LogP contribution in [0.4, 0.5) is 0 Å². The Kier molecular flexibility index (Phi) is 3.42. The van der Waals surface area contributed by atoms with E-state index in [2.05, 4.69) is 11.9 Å². The Hall–Kier alpha value is -1.95. The Balaban J connectivity index is 2.03. The average Bonchev–Trinajstić information content (AvgIpc) is 2.58. The first-order valence-electron chi connectivity index (χ1n) is 8.26. The number of likely N-dealkylation sites (tertiary alicyclic amines) is 1. The van der Waals surface area contributed by atoms with Crippen LogP contribution in [0.1, 0.15) is 23.1 Å². The summed E-state index contributed by atoms with van der Waals surface area (Å²) < 4.78 is 0. The number of nitrogens with zero attached hydrogens (tertiary/aromatic N) is 1. The van der Waals surface area contributed by atoms with E-state index in [1.54, 1.807) is 12.1 Å². The summed E-state index contributed by atoms with van der Waals surface area (Å²) in [5.41, 5.74) is 3.14. The smallest absolute Gasteiger partial charge is 0.183 e. The maximum atomic E-state index is 12.3. The Morgan fingerprint density at radius 3 is 2.79 bits per heavy atom. The van der Waals surface area contributed by atoms with Crippen LogP contribution in [0.2, 0.25) is 0 Å². The normalized spacial score (nSPS) is 28.8. The summed E-state index contributed by atoms with van der Waals surface area (Å²) in [6.45, 7) is 0.307. The van der Waals surface area contributed by atoms with Crippen molar-refractivity contribution in [2.75, 3.05) is 20.2 Å². The highest BCUT2D eigenvalue weighted by molar-refractivity contribution is 6.07. The fourth-order valence-electron chi connectivity index (χ4n) is 4.58. The van der Waals surface area contributed by atoms with Gasteiger partial charge in [-0.3, -0.25) is 9.69 Å². The first-order valence-corrected chi connectivity index (χ1v) is 8.26. The second kappa shape index (κ2) is 5.28. The van der Waals surface area contributed by atoms with Gasteiger partial charge < -0.3 is 15.3 Å². The van der Waals surface area contributed by atoms with Gasteiger partial charge in [-0.05, 0) is 43.6 Å². The predicted molar refractivity (Wildman–Crippen MR) is 88.7 cm³/mol. The fourth-order valence-corrected chi connectivity index (χ4v) is 4.58. The fraction of sp³-hybridized carbons (Fsp3) is 0.421. The molecule has 5 nitrogen and oxygen atoms in total. The molecule has 1 heterocycles. The molecule has 126 valence electrons. The Labute approximate surface area is 140 Å². The van der Waals surface area contributed by atoms with Crippen LogP contribution in [0.3, 0.4) is 0 Å². The molecular formula is C19H21NO4. The maximum Gasteiger partial charge on any atom is 0.183 e. The highest BCUT2D eigenvalue weighted by Crippen LogP contribution is 2.54. The van der Waals surface area contributed by atoms with Gasteiger partial charge in [0.1, 0.15) is 5.75 Å². The Bertz CT molecular complexity index is 795. The van der Waals surface area contributed by atoms with E-state index in [-0.39, 0.29) is 30.8 Å². The number of benzene rings is 1. The summed E-state index contributed by atoms with van der Waals surface area (Å²) in [7, 11) is 2.05. The zero-order chi connectivity index (χ0) is 17.1. The first kappa shape index (κ1) is 15.6. The van der Waals surface area contributed by atoms with Gasteiger partial charge in [0.25, 0.3) is 0 Å². The molecule has 1 aromatic carbocycles. The van der Waals surface area contributed by atoms with Crippen LogP contribution < -0.4 is 0 Å². The minimum Gasteiger partial charge on any atom is -0.507 e. The molecule has 1 aromatic rings.